The molecule has 0 aliphatic carbocycles. The Kier molecular flexibility index (Phi) is 18.5. The molecule has 0 spiro atoms. The lowest BCUT2D eigenvalue weighted by atomic mass is 10.0. The Morgan fingerprint density at radius 1 is 1.00 bits per heavy atom. The monoisotopic (exact) mass is 535 g/mol. The lowest BCUT2D eigenvalue weighted by Crippen LogP contribution is -2.26. The van der Waals surface area contributed by atoms with Crippen molar-refractivity contribution in [3.05, 3.63) is 84.4 Å². The Morgan fingerprint density at radius 2 is 1.79 bits per heavy atom. The first-order valence-electron chi connectivity index (χ1n) is 15.0. The van der Waals surface area contributed by atoms with E-state index in [1.807, 2.05) is 6.07 Å². The number of likely N-dealkylation sites (N-methyl/N-ethyl adjacent to an activating group) is 1. The van der Waals surface area contributed by atoms with E-state index < -0.39 is 0 Å². The Hall–Kier alpha value is -2.76. The summed E-state index contributed by atoms with van der Waals surface area (Å²) in [5.74, 6) is 0.454. The molecule has 0 aliphatic heterocycles. The molecule has 1 aromatic rings. The molecule has 0 amide bonds. The fourth-order valence-corrected chi connectivity index (χ4v) is 4.38. The van der Waals surface area contributed by atoms with Gasteiger partial charge in [0.2, 0.25) is 0 Å². The van der Waals surface area contributed by atoms with Gasteiger partial charge in [-0.25, -0.2) is 0 Å². The number of rotatable bonds is 22. The summed E-state index contributed by atoms with van der Waals surface area (Å²) < 4.78 is 0. The van der Waals surface area contributed by atoms with Gasteiger partial charge in [0.15, 0.2) is 0 Å². The van der Waals surface area contributed by atoms with Crippen LogP contribution in [0.15, 0.2) is 78.8 Å². The van der Waals surface area contributed by atoms with E-state index in [9.17, 15) is 0 Å². The second-order valence-electron chi connectivity index (χ2n) is 10.4. The smallest absolute Gasteiger partial charge is 0.0930 e. The molecule has 0 heterocycles. The number of hydrogen-bond acceptors (Lipinski definition) is 5. The van der Waals surface area contributed by atoms with Crippen LogP contribution in [0.25, 0.3) is 0 Å². The van der Waals surface area contributed by atoms with Crippen LogP contribution in [-0.2, 0) is 6.42 Å². The molecule has 0 saturated carbocycles. The van der Waals surface area contributed by atoms with Gasteiger partial charge >= 0.3 is 0 Å². The molecule has 218 valence electrons. The predicted octanol–water partition coefficient (Wildman–Crippen LogP) is 8.08. The van der Waals surface area contributed by atoms with E-state index in [0.29, 0.717) is 5.82 Å². The highest BCUT2D eigenvalue weighted by atomic mass is 15.1. The number of anilines is 2. The zero-order valence-corrected chi connectivity index (χ0v) is 25.7. The van der Waals surface area contributed by atoms with Crippen LogP contribution in [0.1, 0.15) is 78.2 Å². The lowest BCUT2D eigenvalue weighted by molar-refractivity contribution is 0.287. The summed E-state index contributed by atoms with van der Waals surface area (Å²) in [4.78, 5) is 4.86. The average Bonchev–Trinajstić information content (AvgIpc) is 2.91. The molecule has 0 unspecified atom stereocenters. The second kappa shape index (κ2) is 21.1. The van der Waals surface area contributed by atoms with Crippen LogP contribution in [0.4, 0.5) is 11.4 Å². The van der Waals surface area contributed by atoms with Gasteiger partial charge < -0.3 is 21.3 Å². The van der Waals surface area contributed by atoms with Gasteiger partial charge in [0, 0.05) is 36.7 Å². The van der Waals surface area contributed by atoms with Crippen molar-refractivity contribution in [2.75, 3.05) is 50.4 Å². The molecule has 1 aromatic carbocycles. The minimum absolute atomic E-state index is 0.454. The summed E-state index contributed by atoms with van der Waals surface area (Å²) >= 11 is 0. The van der Waals surface area contributed by atoms with Gasteiger partial charge in [-0.3, -0.25) is 4.90 Å². The van der Waals surface area contributed by atoms with Crippen LogP contribution >= 0.6 is 0 Å². The molecular weight excluding hydrogens is 478 g/mol. The highest BCUT2D eigenvalue weighted by Crippen LogP contribution is 2.25. The molecule has 1 rings (SSSR count). The van der Waals surface area contributed by atoms with E-state index in [4.69, 9.17) is 5.73 Å². The van der Waals surface area contributed by atoms with Crippen LogP contribution in [0, 0.1) is 0 Å². The maximum absolute atomic E-state index is 5.80. The Bertz CT molecular complexity index is 928. The topological polar surface area (TPSA) is 56.6 Å². The summed E-state index contributed by atoms with van der Waals surface area (Å²) in [7, 11) is 2.18. The van der Waals surface area contributed by atoms with E-state index in [1.165, 1.54) is 24.0 Å². The Balaban J connectivity index is 2.61. The van der Waals surface area contributed by atoms with Crippen LogP contribution in [0.5, 0.6) is 0 Å². The van der Waals surface area contributed by atoms with Crippen LogP contribution in [-0.4, -0.2) is 49.6 Å². The zero-order chi connectivity index (χ0) is 28.9. The van der Waals surface area contributed by atoms with Crippen molar-refractivity contribution in [3.8, 4) is 0 Å². The Morgan fingerprint density at radius 3 is 2.46 bits per heavy atom. The van der Waals surface area contributed by atoms with Gasteiger partial charge in [-0.2, -0.15) is 0 Å². The molecule has 0 bridgehead atoms. The molecule has 0 atom stereocenters. The molecule has 0 aliphatic rings. The van der Waals surface area contributed by atoms with E-state index in [-0.39, 0.29) is 0 Å². The number of aryl methyl sites for hydroxylation is 1. The van der Waals surface area contributed by atoms with Crippen molar-refractivity contribution in [2.24, 2.45) is 5.73 Å². The van der Waals surface area contributed by atoms with Crippen LogP contribution in [0.2, 0.25) is 0 Å². The molecule has 0 saturated heterocycles. The molecule has 0 radical (unpaired) electrons. The maximum atomic E-state index is 5.80. The third kappa shape index (κ3) is 16.1. The summed E-state index contributed by atoms with van der Waals surface area (Å²) in [6.45, 7) is 22.1. The fraction of sp³-hybridized carbons (Fsp3) is 0.529. The van der Waals surface area contributed by atoms with Crippen LogP contribution in [0.3, 0.4) is 0 Å². The predicted molar refractivity (Wildman–Crippen MR) is 175 cm³/mol. The van der Waals surface area contributed by atoms with E-state index in [1.54, 1.807) is 0 Å². The number of nitrogens with two attached hydrogens (primary N) is 1. The average molecular weight is 536 g/mol. The first kappa shape index (κ1) is 34.3. The van der Waals surface area contributed by atoms with E-state index in [0.717, 1.165) is 88.3 Å². The van der Waals surface area contributed by atoms with Gasteiger partial charge in [-0.15, -0.1) is 0 Å². The van der Waals surface area contributed by atoms with Crippen molar-refractivity contribution < 1.29 is 0 Å². The summed E-state index contributed by atoms with van der Waals surface area (Å²) in [6.07, 6.45) is 20.2. The highest BCUT2D eigenvalue weighted by molar-refractivity contribution is 5.62. The second-order valence-corrected chi connectivity index (χ2v) is 10.4. The molecular formula is C34H57N5. The first-order valence-corrected chi connectivity index (χ1v) is 15.0. The lowest BCUT2D eigenvalue weighted by Gasteiger charge is -2.22. The molecule has 5 nitrogen and oxygen atoms in total. The first-order chi connectivity index (χ1) is 18.8. The van der Waals surface area contributed by atoms with Gasteiger partial charge in [-0.05, 0) is 101 Å². The summed E-state index contributed by atoms with van der Waals surface area (Å²) in [5, 5.41) is 6.75. The van der Waals surface area contributed by atoms with E-state index >= 15 is 0 Å². The number of nitrogens with zero attached hydrogens (tertiary/aromatic N) is 2. The zero-order valence-electron chi connectivity index (χ0n) is 25.7. The number of allylic oxidation sites excluding steroid dienone is 3. The number of nitrogens with one attached hydrogen (secondary N) is 2. The van der Waals surface area contributed by atoms with E-state index in [2.05, 4.69) is 111 Å². The van der Waals surface area contributed by atoms with Crippen molar-refractivity contribution in [1.29, 1.82) is 0 Å². The minimum Gasteiger partial charge on any atom is -0.386 e. The number of unbranched alkanes of at least 4 members (excludes halogenated alkanes) is 3. The summed E-state index contributed by atoms with van der Waals surface area (Å²) in [5.41, 5.74) is 11.6. The number of hydrogen-bond donors (Lipinski definition) is 3. The van der Waals surface area contributed by atoms with Crippen LogP contribution < -0.4 is 16.4 Å². The molecule has 0 fully saturated rings. The van der Waals surface area contributed by atoms with Crippen molar-refractivity contribution in [3.63, 3.8) is 0 Å². The number of benzene rings is 1. The maximum Gasteiger partial charge on any atom is 0.0930 e. The largest absolute Gasteiger partial charge is 0.386 e. The van der Waals surface area contributed by atoms with Gasteiger partial charge in [0.25, 0.3) is 0 Å². The van der Waals surface area contributed by atoms with Gasteiger partial charge in [-0.1, -0.05) is 70.7 Å². The summed E-state index contributed by atoms with van der Waals surface area (Å²) in [6, 6.07) is 6.36. The minimum atomic E-state index is 0.454. The molecule has 4 N–H and O–H groups in total. The molecule has 5 heteroatoms. The van der Waals surface area contributed by atoms with Crippen molar-refractivity contribution in [2.45, 2.75) is 79.1 Å². The fourth-order valence-electron chi connectivity index (χ4n) is 4.38. The molecule has 0 aromatic heterocycles. The third-order valence-corrected chi connectivity index (χ3v) is 6.77. The van der Waals surface area contributed by atoms with Gasteiger partial charge in [0.05, 0.1) is 5.82 Å². The van der Waals surface area contributed by atoms with Crippen molar-refractivity contribution >= 4 is 11.4 Å². The normalized spacial score (nSPS) is 12.2. The third-order valence-electron chi connectivity index (χ3n) is 6.77. The van der Waals surface area contributed by atoms with Gasteiger partial charge in [0.1, 0.15) is 0 Å². The molecule has 39 heavy (non-hydrogen) atoms. The van der Waals surface area contributed by atoms with Crippen molar-refractivity contribution in [1.82, 2.24) is 9.80 Å². The standard InChI is InChI=1S/C34H57N5/c1-8-12-19-31(10-3)28-38(7)24-18-16-14-15-17-20-32-27-33(37-30(6)35)21-22-34(32)36-29(5)23-26-39(11-4)25-13-9-2/h10,12,16,18-19,21-22,27,36-37H,5-6,8-9,11,13-15,17,20,23-26,28,35H2,1-4,7H3/b18-16-,19-12+,31-10-. The highest BCUT2D eigenvalue weighted by Gasteiger charge is 2.08. The quantitative estimate of drug-likeness (QED) is 0.0796. The SMILES string of the molecule is C=C(N)Nc1ccc(NC(=C)CCN(CC)CCCC)c(CCCC/C=C\CN(C)CC(=C\C)/C=C/CC)c1. The Labute approximate surface area is 240 Å².